The van der Waals surface area contributed by atoms with Gasteiger partial charge in [0.05, 0.1) is 15.9 Å². The summed E-state index contributed by atoms with van der Waals surface area (Å²) in [6.45, 7) is 0. The Morgan fingerprint density at radius 1 is 0.455 bits per heavy atom. The van der Waals surface area contributed by atoms with Gasteiger partial charge >= 0.3 is 0 Å². The highest BCUT2D eigenvalue weighted by molar-refractivity contribution is 7.26. The summed E-state index contributed by atoms with van der Waals surface area (Å²) in [5, 5.41) is 8.27. The van der Waals surface area contributed by atoms with E-state index in [-0.39, 0.29) is 0 Å². The predicted molar refractivity (Wildman–Crippen MR) is 185 cm³/mol. The van der Waals surface area contributed by atoms with E-state index in [1.54, 1.807) is 11.3 Å². The Hall–Kier alpha value is -5.58. The second-order valence-corrected chi connectivity index (χ2v) is 12.4. The number of furan rings is 1. The topological polar surface area (TPSA) is 38.9 Å². The van der Waals surface area contributed by atoms with Crippen LogP contribution in [0.2, 0.25) is 0 Å². The van der Waals surface area contributed by atoms with Crippen LogP contribution in [0.3, 0.4) is 0 Å². The standard InChI is InChI=1S/C40H22N2OS/c1-3-11-23(12-4-1)25-19-30-27-15-7-8-16-28(27)31-20-26(22-33-36(31)35(30)32(21-25)43-33)40-41-37(24-13-5-2-6-14-24)39-38(42-40)29-17-9-10-18-34(29)44-39/h1-22H. The van der Waals surface area contributed by atoms with Crippen LogP contribution in [0.15, 0.2) is 138 Å². The Labute approximate surface area is 256 Å². The van der Waals surface area contributed by atoms with E-state index in [4.69, 9.17) is 14.4 Å². The van der Waals surface area contributed by atoms with Gasteiger partial charge in [0.2, 0.25) is 0 Å². The summed E-state index contributed by atoms with van der Waals surface area (Å²) in [5.74, 6) is 0.701. The molecule has 0 saturated carbocycles. The highest BCUT2D eigenvalue weighted by Gasteiger charge is 2.22. The maximum Gasteiger partial charge on any atom is 0.160 e. The number of hydrogen-bond acceptors (Lipinski definition) is 4. The lowest BCUT2D eigenvalue weighted by atomic mass is 9.91. The van der Waals surface area contributed by atoms with Gasteiger partial charge < -0.3 is 4.42 Å². The minimum absolute atomic E-state index is 0.701. The SMILES string of the molecule is c1ccc(-c2cc3oc4cc(-c5nc(-c6ccccc6)c6sc7ccccc7c6n5)cc5c6ccccc6c(c2)c3c45)cc1. The molecule has 3 nitrogen and oxygen atoms in total. The van der Waals surface area contributed by atoms with E-state index >= 15 is 0 Å². The smallest absolute Gasteiger partial charge is 0.160 e. The van der Waals surface area contributed by atoms with Crippen molar-refractivity contribution in [2.24, 2.45) is 0 Å². The van der Waals surface area contributed by atoms with Crippen LogP contribution in [0.1, 0.15) is 0 Å². The van der Waals surface area contributed by atoms with Gasteiger partial charge in [-0.05, 0) is 63.0 Å². The van der Waals surface area contributed by atoms with Crippen molar-refractivity contribution in [1.29, 1.82) is 0 Å². The van der Waals surface area contributed by atoms with Gasteiger partial charge in [-0.3, -0.25) is 0 Å². The fraction of sp³-hybridized carbons (Fsp3) is 0. The summed E-state index contributed by atoms with van der Waals surface area (Å²) in [7, 11) is 0. The van der Waals surface area contributed by atoms with E-state index in [2.05, 4.69) is 127 Å². The van der Waals surface area contributed by atoms with Crippen LogP contribution >= 0.6 is 11.3 Å². The van der Waals surface area contributed by atoms with Crippen molar-refractivity contribution in [3.8, 4) is 33.8 Å². The number of nitrogens with zero attached hydrogens (tertiary/aromatic N) is 2. The second kappa shape index (κ2) is 8.96. The Kier molecular flexibility index (Phi) is 4.87. The normalized spacial score (nSPS) is 12.1. The molecule has 0 unspecified atom stereocenters. The van der Waals surface area contributed by atoms with Gasteiger partial charge in [0, 0.05) is 32.0 Å². The van der Waals surface area contributed by atoms with Crippen LogP contribution in [0, 0.1) is 0 Å². The zero-order chi connectivity index (χ0) is 28.8. The molecule has 0 aliphatic heterocycles. The first-order valence-electron chi connectivity index (χ1n) is 14.7. The molecule has 3 heterocycles. The van der Waals surface area contributed by atoms with Crippen molar-refractivity contribution in [2.45, 2.75) is 0 Å². The number of aromatic nitrogens is 2. The van der Waals surface area contributed by atoms with Crippen LogP contribution in [0.25, 0.3) is 97.6 Å². The molecular formula is C40H22N2OS. The molecule has 0 bridgehead atoms. The van der Waals surface area contributed by atoms with E-state index < -0.39 is 0 Å². The van der Waals surface area contributed by atoms with Crippen LogP contribution < -0.4 is 0 Å². The van der Waals surface area contributed by atoms with Crippen molar-refractivity contribution in [3.05, 3.63) is 133 Å². The Morgan fingerprint density at radius 2 is 1.02 bits per heavy atom. The van der Waals surface area contributed by atoms with E-state index in [0.717, 1.165) is 59.9 Å². The fourth-order valence-electron chi connectivity index (χ4n) is 6.84. The molecule has 0 atom stereocenters. The first-order chi connectivity index (χ1) is 21.8. The molecule has 7 aromatic carbocycles. The van der Waals surface area contributed by atoms with Crippen LogP contribution in [-0.2, 0) is 0 Å². The van der Waals surface area contributed by atoms with E-state index in [1.807, 2.05) is 6.07 Å². The highest BCUT2D eigenvalue weighted by Crippen LogP contribution is 2.46. The van der Waals surface area contributed by atoms with Crippen LogP contribution in [-0.4, -0.2) is 9.97 Å². The lowest BCUT2D eigenvalue weighted by molar-refractivity contribution is 0.669. The molecule has 4 heteroatoms. The van der Waals surface area contributed by atoms with Crippen molar-refractivity contribution in [1.82, 2.24) is 9.97 Å². The van der Waals surface area contributed by atoms with E-state index in [9.17, 15) is 0 Å². The number of benzene rings is 7. The molecular weight excluding hydrogens is 557 g/mol. The van der Waals surface area contributed by atoms with E-state index in [0.29, 0.717) is 5.82 Å². The van der Waals surface area contributed by atoms with Gasteiger partial charge in [0.15, 0.2) is 5.82 Å². The maximum atomic E-state index is 6.71. The molecule has 44 heavy (non-hydrogen) atoms. The largest absolute Gasteiger partial charge is 0.456 e. The predicted octanol–water partition coefficient (Wildman–Crippen LogP) is 11.5. The van der Waals surface area contributed by atoms with Crippen molar-refractivity contribution >= 4 is 75.1 Å². The summed E-state index contributed by atoms with van der Waals surface area (Å²) < 4.78 is 9.03. The maximum absolute atomic E-state index is 6.71. The molecule has 204 valence electrons. The molecule has 10 rings (SSSR count). The van der Waals surface area contributed by atoms with Gasteiger partial charge in [-0.15, -0.1) is 11.3 Å². The van der Waals surface area contributed by atoms with Gasteiger partial charge in [-0.1, -0.05) is 103 Å². The summed E-state index contributed by atoms with van der Waals surface area (Å²) >= 11 is 1.75. The molecule has 0 aliphatic carbocycles. The monoisotopic (exact) mass is 578 g/mol. The Morgan fingerprint density at radius 3 is 1.73 bits per heavy atom. The summed E-state index contributed by atoms with van der Waals surface area (Å²) in [6, 6.07) is 47.0. The average Bonchev–Trinajstić information content (AvgIpc) is 3.66. The Bertz CT molecular complexity index is 2710. The molecule has 0 radical (unpaired) electrons. The minimum Gasteiger partial charge on any atom is -0.456 e. The first-order valence-corrected chi connectivity index (χ1v) is 15.6. The first kappa shape index (κ1) is 23.9. The van der Waals surface area contributed by atoms with Gasteiger partial charge in [0.1, 0.15) is 11.2 Å². The second-order valence-electron chi connectivity index (χ2n) is 11.3. The number of rotatable bonds is 3. The summed E-state index contributed by atoms with van der Waals surface area (Å²) in [4.78, 5) is 10.5. The van der Waals surface area contributed by atoms with Crippen LogP contribution in [0.5, 0.6) is 0 Å². The molecule has 10 aromatic rings. The van der Waals surface area contributed by atoms with Crippen molar-refractivity contribution < 1.29 is 4.42 Å². The Balaban J connectivity index is 1.31. The molecule has 0 fully saturated rings. The van der Waals surface area contributed by atoms with Crippen molar-refractivity contribution in [2.75, 3.05) is 0 Å². The van der Waals surface area contributed by atoms with E-state index in [1.165, 1.54) is 31.8 Å². The zero-order valence-corrected chi connectivity index (χ0v) is 24.2. The lowest BCUT2D eigenvalue weighted by Crippen LogP contribution is -1.94. The molecule has 0 N–H and O–H groups in total. The van der Waals surface area contributed by atoms with Gasteiger partial charge in [-0.25, -0.2) is 9.97 Å². The molecule has 0 saturated heterocycles. The highest BCUT2D eigenvalue weighted by atomic mass is 32.1. The van der Waals surface area contributed by atoms with Crippen LogP contribution in [0.4, 0.5) is 0 Å². The summed E-state index contributed by atoms with van der Waals surface area (Å²) in [6.07, 6.45) is 0. The number of fused-ring (bicyclic) bond motifs is 6. The third-order valence-electron chi connectivity index (χ3n) is 8.81. The van der Waals surface area contributed by atoms with Gasteiger partial charge in [-0.2, -0.15) is 0 Å². The quantitative estimate of drug-likeness (QED) is 0.196. The molecule has 0 amide bonds. The fourth-order valence-corrected chi connectivity index (χ4v) is 8.00. The third kappa shape index (κ3) is 3.37. The summed E-state index contributed by atoms with van der Waals surface area (Å²) in [5.41, 5.74) is 8.06. The zero-order valence-electron chi connectivity index (χ0n) is 23.4. The lowest BCUT2D eigenvalue weighted by Gasteiger charge is -2.11. The number of hydrogen-bond donors (Lipinski definition) is 0. The van der Waals surface area contributed by atoms with Crippen molar-refractivity contribution in [3.63, 3.8) is 0 Å². The molecule has 0 spiro atoms. The molecule has 0 aliphatic rings. The number of thiophene rings is 1. The minimum atomic E-state index is 0.701. The average molecular weight is 579 g/mol. The van der Waals surface area contributed by atoms with Gasteiger partial charge in [0.25, 0.3) is 0 Å². The third-order valence-corrected chi connectivity index (χ3v) is 9.98. The molecule has 3 aromatic heterocycles.